The van der Waals surface area contributed by atoms with Gasteiger partial charge in [-0.2, -0.15) is 0 Å². The number of phenolic OH excluding ortho intramolecular Hbond substituents is 2. The number of carbonyl (C=O) groups excluding carboxylic acids is 1. The van der Waals surface area contributed by atoms with Gasteiger partial charge < -0.3 is 15.1 Å². The van der Waals surface area contributed by atoms with Gasteiger partial charge in [0.15, 0.2) is 11.5 Å². The first-order valence-corrected chi connectivity index (χ1v) is 6.14. The van der Waals surface area contributed by atoms with Crippen molar-refractivity contribution >= 4 is 5.91 Å². The molecule has 5 heteroatoms. The van der Waals surface area contributed by atoms with Crippen LogP contribution in [-0.2, 0) is 13.1 Å². The highest BCUT2D eigenvalue weighted by molar-refractivity contribution is 5.99. The van der Waals surface area contributed by atoms with Gasteiger partial charge in [-0.05, 0) is 29.8 Å². The lowest BCUT2D eigenvalue weighted by Gasteiger charge is -2.15. The number of rotatable bonds is 2. The smallest absolute Gasteiger partial charge is 0.254 e. The second-order valence-electron chi connectivity index (χ2n) is 4.75. The molecule has 0 unspecified atom stereocenters. The highest BCUT2D eigenvalue weighted by Crippen LogP contribution is 2.37. The van der Waals surface area contributed by atoms with Gasteiger partial charge in [-0.1, -0.05) is 12.1 Å². The number of fused-ring (bicyclic) bond motifs is 1. The molecule has 2 aromatic carbocycles. The van der Waals surface area contributed by atoms with Gasteiger partial charge in [0.25, 0.3) is 5.91 Å². The quantitative estimate of drug-likeness (QED) is 0.826. The van der Waals surface area contributed by atoms with Crippen molar-refractivity contribution in [2.24, 2.45) is 0 Å². The molecule has 0 fully saturated rings. The molecule has 0 saturated heterocycles. The normalized spacial score (nSPS) is 13.7. The van der Waals surface area contributed by atoms with Crippen LogP contribution in [0.2, 0.25) is 0 Å². The molecule has 4 nitrogen and oxygen atoms in total. The second-order valence-corrected chi connectivity index (χ2v) is 4.75. The zero-order valence-electron chi connectivity index (χ0n) is 10.5. The highest BCUT2D eigenvalue weighted by Gasteiger charge is 2.30. The van der Waals surface area contributed by atoms with E-state index in [9.17, 15) is 19.4 Å². The van der Waals surface area contributed by atoms with Gasteiger partial charge >= 0.3 is 0 Å². The number of benzene rings is 2. The Balaban J connectivity index is 1.86. The van der Waals surface area contributed by atoms with Gasteiger partial charge in [0.1, 0.15) is 5.82 Å². The van der Waals surface area contributed by atoms with Crippen LogP contribution in [0.25, 0.3) is 0 Å². The molecule has 1 amide bonds. The highest BCUT2D eigenvalue weighted by atomic mass is 19.1. The Hall–Kier alpha value is -2.56. The zero-order valence-corrected chi connectivity index (χ0v) is 10.5. The van der Waals surface area contributed by atoms with Crippen LogP contribution in [0.3, 0.4) is 0 Å². The van der Waals surface area contributed by atoms with Crippen LogP contribution in [0.5, 0.6) is 11.5 Å². The van der Waals surface area contributed by atoms with E-state index in [1.807, 2.05) is 0 Å². The Morgan fingerprint density at radius 1 is 1.10 bits per heavy atom. The largest absolute Gasteiger partial charge is 0.504 e. The molecular weight excluding hydrogens is 261 g/mol. The van der Waals surface area contributed by atoms with E-state index >= 15 is 0 Å². The van der Waals surface area contributed by atoms with Gasteiger partial charge in [0, 0.05) is 17.7 Å². The molecule has 20 heavy (non-hydrogen) atoms. The average Bonchev–Trinajstić information content (AvgIpc) is 2.75. The molecule has 0 saturated carbocycles. The molecule has 1 aliphatic rings. The third kappa shape index (κ3) is 1.97. The Bertz CT molecular complexity index is 682. The summed E-state index contributed by atoms with van der Waals surface area (Å²) < 4.78 is 12.8. The molecular formula is C15H12FNO3. The Morgan fingerprint density at radius 3 is 2.50 bits per heavy atom. The molecule has 3 rings (SSSR count). The number of hydrogen-bond acceptors (Lipinski definition) is 3. The van der Waals surface area contributed by atoms with Crippen molar-refractivity contribution in [2.45, 2.75) is 13.1 Å². The molecule has 0 radical (unpaired) electrons. The summed E-state index contributed by atoms with van der Waals surface area (Å²) in [4.78, 5) is 13.7. The van der Waals surface area contributed by atoms with Crippen molar-refractivity contribution in [3.8, 4) is 11.5 Å². The maximum atomic E-state index is 12.8. The van der Waals surface area contributed by atoms with Crippen molar-refractivity contribution < 1.29 is 19.4 Å². The Morgan fingerprint density at radius 2 is 1.80 bits per heavy atom. The predicted molar refractivity (Wildman–Crippen MR) is 69.7 cm³/mol. The first-order chi connectivity index (χ1) is 9.56. The number of aromatic hydroxyl groups is 2. The molecule has 0 atom stereocenters. The first kappa shape index (κ1) is 12.5. The molecule has 0 spiro atoms. The van der Waals surface area contributed by atoms with E-state index in [1.165, 1.54) is 29.2 Å². The van der Waals surface area contributed by atoms with E-state index in [4.69, 9.17) is 0 Å². The number of carbonyl (C=O) groups is 1. The lowest BCUT2D eigenvalue weighted by Crippen LogP contribution is -2.23. The van der Waals surface area contributed by atoms with Crippen molar-refractivity contribution in [3.63, 3.8) is 0 Å². The van der Waals surface area contributed by atoms with E-state index in [-0.39, 0.29) is 29.8 Å². The summed E-state index contributed by atoms with van der Waals surface area (Å²) in [6.07, 6.45) is 0. The average molecular weight is 273 g/mol. The van der Waals surface area contributed by atoms with Gasteiger partial charge in [-0.15, -0.1) is 0 Å². The van der Waals surface area contributed by atoms with Crippen molar-refractivity contribution in [2.75, 3.05) is 0 Å². The topological polar surface area (TPSA) is 60.8 Å². The third-order valence-corrected chi connectivity index (χ3v) is 3.41. The fourth-order valence-electron chi connectivity index (χ4n) is 2.36. The number of amides is 1. The summed E-state index contributed by atoms with van der Waals surface area (Å²) in [6, 6.07) is 8.70. The Labute approximate surface area is 114 Å². The van der Waals surface area contributed by atoms with Crippen LogP contribution in [0.1, 0.15) is 21.5 Å². The number of nitrogens with zero attached hydrogens (tertiary/aromatic N) is 1. The van der Waals surface area contributed by atoms with Gasteiger partial charge in [-0.3, -0.25) is 4.79 Å². The maximum Gasteiger partial charge on any atom is 0.254 e. The number of hydrogen-bond donors (Lipinski definition) is 2. The predicted octanol–water partition coefficient (Wildman–Crippen LogP) is 2.39. The Kier molecular flexibility index (Phi) is 2.82. The lowest BCUT2D eigenvalue weighted by molar-refractivity contribution is 0.0766. The van der Waals surface area contributed by atoms with E-state index in [2.05, 4.69) is 0 Å². The number of phenols is 2. The van der Waals surface area contributed by atoms with E-state index < -0.39 is 0 Å². The van der Waals surface area contributed by atoms with Crippen molar-refractivity contribution in [3.05, 3.63) is 58.9 Å². The van der Waals surface area contributed by atoms with Crippen LogP contribution in [0.15, 0.2) is 36.4 Å². The SMILES string of the molecule is O=C1c2ccc(O)c(O)c2CN1Cc1ccc(F)cc1. The van der Waals surface area contributed by atoms with Crippen LogP contribution in [-0.4, -0.2) is 21.0 Å². The summed E-state index contributed by atoms with van der Waals surface area (Å²) >= 11 is 0. The minimum Gasteiger partial charge on any atom is -0.504 e. The van der Waals surface area contributed by atoms with E-state index in [1.54, 1.807) is 12.1 Å². The summed E-state index contributed by atoms with van der Waals surface area (Å²) in [7, 11) is 0. The zero-order chi connectivity index (χ0) is 14.3. The fourth-order valence-corrected chi connectivity index (χ4v) is 2.36. The van der Waals surface area contributed by atoms with Gasteiger partial charge in [0.2, 0.25) is 0 Å². The fraction of sp³-hybridized carbons (Fsp3) is 0.133. The minimum atomic E-state index is -0.327. The van der Waals surface area contributed by atoms with Crippen molar-refractivity contribution in [1.29, 1.82) is 0 Å². The van der Waals surface area contributed by atoms with Crippen LogP contribution in [0, 0.1) is 5.82 Å². The minimum absolute atomic E-state index is 0.209. The van der Waals surface area contributed by atoms with Crippen LogP contribution < -0.4 is 0 Å². The van der Waals surface area contributed by atoms with Gasteiger partial charge in [0.05, 0.1) is 6.54 Å². The lowest BCUT2D eigenvalue weighted by atomic mass is 10.1. The number of halogens is 1. The standard InChI is InChI=1S/C15H12FNO3/c16-10-3-1-9(2-4-10)7-17-8-12-11(15(17)20)5-6-13(18)14(12)19/h1-6,18-19H,7-8H2. The molecule has 1 aliphatic heterocycles. The van der Waals surface area contributed by atoms with Crippen LogP contribution in [0.4, 0.5) is 4.39 Å². The molecule has 2 N–H and O–H groups in total. The first-order valence-electron chi connectivity index (χ1n) is 6.14. The summed E-state index contributed by atoms with van der Waals surface area (Å²) in [5, 5.41) is 19.2. The van der Waals surface area contributed by atoms with E-state index in [0.717, 1.165) is 5.56 Å². The maximum absolute atomic E-state index is 12.8. The molecule has 0 aliphatic carbocycles. The summed E-state index contributed by atoms with van der Waals surface area (Å²) in [6.45, 7) is 0.555. The molecule has 1 heterocycles. The summed E-state index contributed by atoms with van der Waals surface area (Å²) in [5.74, 6) is -1.02. The second kappa shape index (κ2) is 4.52. The molecule has 0 bridgehead atoms. The monoisotopic (exact) mass is 273 g/mol. The summed E-state index contributed by atoms with van der Waals surface area (Å²) in [5.41, 5.74) is 1.62. The molecule has 0 aromatic heterocycles. The van der Waals surface area contributed by atoms with Crippen LogP contribution >= 0.6 is 0 Å². The van der Waals surface area contributed by atoms with Gasteiger partial charge in [-0.25, -0.2) is 4.39 Å². The molecule has 2 aromatic rings. The third-order valence-electron chi connectivity index (χ3n) is 3.41. The van der Waals surface area contributed by atoms with E-state index in [0.29, 0.717) is 17.7 Å². The van der Waals surface area contributed by atoms with Crippen molar-refractivity contribution in [1.82, 2.24) is 4.90 Å². The molecule has 102 valence electrons.